The number of nitrogens with zero attached hydrogens (tertiary/aromatic N) is 4. The van der Waals surface area contributed by atoms with Gasteiger partial charge in [-0.3, -0.25) is 4.79 Å². The van der Waals surface area contributed by atoms with E-state index in [-0.39, 0.29) is 18.6 Å². The summed E-state index contributed by atoms with van der Waals surface area (Å²) in [5.74, 6) is -0.516. The van der Waals surface area contributed by atoms with Crippen LogP contribution in [0.3, 0.4) is 0 Å². The molecule has 0 spiro atoms. The number of carbonyl (C=O) groups excluding carboxylic acids is 1. The lowest BCUT2D eigenvalue weighted by Crippen LogP contribution is -2.37. The highest BCUT2D eigenvalue weighted by Gasteiger charge is 2.41. The molecule has 1 aliphatic heterocycles. The fourth-order valence-corrected chi connectivity index (χ4v) is 3.11. The van der Waals surface area contributed by atoms with Crippen molar-refractivity contribution in [1.82, 2.24) is 20.2 Å². The molecule has 0 bridgehead atoms. The van der Waals surface area contributed by atoms with Gasteiger partial charge in [-0.2, -0.15) is 0 Å². The first-order chi connectivity index (χ1) is 10.2. The van der Waals surface area contributed by atoms with E-state index in [1.165, 1.54) is 17.4 Å². The van der Waals surface area contributed by atoms with Crippen LogP contribution in [0.1, 0.15) is 10.9 Å². The smallest absolute Gasteiger partial charge is 0.317 e. The van der Waals surface area contributed by atoms with Gasteiger partial charge in [-0.05, 0) is 21.9 Å². The number of ether oxygens (including phenoxy) is 1. The van der Waals surface area contributed by atoms with E-state index in [1.807, 2.05) is 17.5 Å². The molecule has 0 saturated heterocycles. The maximum absolute atomic E-state index is 12.4. The molecule has 0 amide bonds. The Morgan fingerprint density at radius 1 is 1.62 bits per heavy atom. The second kappa shape index (κ2) is 5.49. The molecule has 0 aromatic carbocycles. The first-order valence-corrected chi connectivity index (χ1v) is 7.15. The molecule has 0 unspecified atom stereocenters. The van der Waals surface area contributed by atoms with Crippen LogP contribution in [0.4, 0.5) is 5.95 Å². The number of tetrazole rings is 1. The summed E-state index contributed by atoms with van der Waals surface area (Å²) in [6.45, 7) is 7.62. The van der Waals surface area contributed by atoms with Crippen LogP contribution in [-0.2, 0) is 9.53 Å². The van der Waals surface area contributed by atoms with E-state index in [0.29, 0.717) is 11.6 Å². The number of nitrogens with one attached hydrogen (secondary N) is 1. The summed E-state index contributed by atoms with van der Waals surface area (Å²) in [7, 11) is 0. The number of rotatable bonds is 4. The van der Waals surface area contributed by atoms with Gasteiger partial charge in [0, 0.05) is 10.6 Å². The fraction of sp³-hybridized carbons (Fsp3) is 0.231. The van der Waals surface area contributed by atoms with E-state index in [2.05, 4.69) is 34.0 Å². The number of hydrogen-bond donors (Lipinski definition) is 1. The number of esters is 1. The van der Waals surface area contributed by atoms with Gasteiger partial charge in [0.1, 0.15) is 18.6 Å². The lowest BCUT2D eigenvalue weighted by molar-refractivity contribution is -0.147. The van der Waals surface area contributed by atoms with Gasteiger partial charge >= 0.3 is 5.97 Å². The molecule has 1 aliphatic rings. The Morgan fingerprint density at radius 2 is 2.48 bits per heavy atom. The summed E-state index contributed by atoms with van der Waals surface area (Å²) in [6.07, 6.45) is 1.53. The largest absolute Gasteiger partial charge is 0.461 e. The predicted octanol–water partition coefficient (Wildman–Crippen LogP) is 1.61. The summed E-state index contributed by atoms with van der Waals surface area (Å²) < 4.78 is 6.77. The summed E-state index contributed by atoms with van der Waals surface area (Å²) in [5.41, 5.74) is 0.518. The normalized spacial score (nSPS) is 20.5. The molecule has 3 rings (SSSR count). The molecule has 8 heteroatoms. The van der Waals surface area contributed by atoms with E-state index in [9.17, 15) is 4.79 Å². The molecule has 2 aromatic heterocycles. The zero-order chi connectivity index (χ0) is 14.8. The third kappa shape index (κ3) is 2.33. The SMILES string of the molecule is C=CCOC(=O)[C@@H]1C(=C)Nc2nnnn2[C@@H]1c1cccs1. The van der Waals surface area contributed by atoms with Crippen LogP contribution < -0.4 is 5.32 Å². The van der Waals surface area contributed by atoms with Crippen LogP contribution >= 0.6 is 11.3 Å². The van der Waals surface area contributed by atoms with E-state index in [4.69, 9.17) is 4.74 Å². The molecule has 0 radical (unpaired) electrons. The quantitative estimate of drug-likeness (QED) is 0.682. The van der Waals surface area contributed by atoms with Gasteiger partial charge in [0.25, 0.3) is 0 Å². The van der Waals surface area contributed by atoms with Crippen molar-refractivity contribution < 1.29 is 9.53 Å². The summed E-state index contributed by atoms with van der Waals surface area (Å²) >= 11 is 1.53. The fourth-order valence-electron chi connectivity index (χ4n) is 2.26. The van der Waals surface area contributed by atoms with Crippen molar-refractivity contribution in [3.63, 3.8) is 0 Å². The second-order valence-electron chi connectivity index (χ2n) is 4.45. The molecule has 1 N–H and O–H groups in total. The monoisotopic (exact) mass is 303 g/mol. The Kier molecular flexibility index (Phi) is 3.53. The van der Waals surface area contributed by atoms with Crippen LogP contribution in [0.15, 0.2) is 42.4 Å². The van der Waals surface area contributed by atoms with Gasteiger partial charge < -0.3 is 10.1 Å². The third-order valence-corrected chi connectivity index (χ3v) is 4.09. The van der Waals surface area contributed by atoms with E-state index < -0.39 is 5.92 Å². The van der Waals surface area contributed by atoms with Crippen molar-refractivity contribution in [3.8, 4) is 0 Å². The van der Waals surface area contributed by atoms with Crippen LogP contribution in [0.2, 0.25) is 0 Å². The number of aromatic nitrogens is 4. The van der Waals surface area contributed by atoms with Gasteiger partial charge in [-0.1, -0.05) is 30.4 Å². The Bertz CT molecular complexity index is 679. The minimum Gasteiger partial charge on any atom is -0.461 e. The number of fused-ring (bicyclic) bond motifs is 1. The molecular weight excluding hydrogens is 290 g/mol. The third-order valence-electron chi connectivity index (χ3n) is 3.15. The van der Waals surface area contributed by atoms with Crippen LogP contribution in [0.5, 0.6) is 0 Å². The van der Waals surface area contributed by atoms with Crippen LogP contribution in [0, 0.1) is 5.92 Å². The van der Waals surface area contributed by atoms with Crippen LogP contribution in [-0.4, -0.2) is 32.8 Å². The van der Waals surface area contributed by atoms with Gasteiger partial charge in [-0.25, -0.2) is 4.68 Å². The Hall–Kier alpha value is -2.48. The minimum absolute atomic E-state index is 0.155. The van der Waals surface area contributed by atoms with Crippen molar-refractivity contribution >= 4 is 23.3 Å². The lowest BCUT2D eigenvalue weighted by atomic mass is 9.94. The van der Waals surface area contributed by atoms with Gasteiger partial charge in [0.05, 0.1) is 0 Å². The molecular formula is C13H13N5O2S. The van der Waals surface area contributed by atoms with Gasteiger partial charge in [0.2, 0.25) is 5.95 Å². The summed E-state index contributed by atoms with van der Waals surface area (Å²) in [5, 5.41) is 16.4. The maximum atomic E-state index is 12.4. The topological polar surface area (TPSA) is 81.9 Å². The maximum Gasteiger partial charge on any atom is 0.317 e. The van der Waals surface area contributed by atoms with Crippen molar-refractivity contribution in [1.29, 1.82) is 0 Å². The highest BCUT2D eigenvalue weighted by molar-refractivity contribution is 7.10. The Balaban J connectivity index is 2.02. The average Bonchev–Trinajstić information content (AvgIpc) is 3.13. The Morgan fingerprint density at radius 3 is 3.19 bits per heavy atom. The molecule has 0 aliphatic carbocycles. The number of thiophene rings is 1. The van der Waals surface area contributed by atoms with E-state index >= 15 is 0 Å². The molecule has 3 heterocycles. The van der Waals surface area contributed by atoms with Crippen molar-refractivity contribution in [2.45, 2.75) is 6.04 Å². The summed E-state index contributed by atoms with van der Waals surface area (Å²) in [6, 6.07) is 3.50. The second-order valence-corrected chi connectivity index (χ2v) is 5.43. The van der Waals surface area contributed by atoms with Gasteiger partial charge in [0.15, 0.2) is 0 Å². The minimum atomic E-state index is -0.598. The number of hydrogen-bond acceptors (Lipinski definition) is 7. The zero-order valence-corrected chi connectivity index (χ0v) is 11.9. The molecule has 108 valence electrons. The highest BCUT2D eigenvalue weighted by Crippen LogP contribution is 2.39. The average molecular weight is 303 g/mol. The summed E-state index contributed by atoms with van der Waals surface area (Å²) in [4.78, 5) is 13.3. The van der Waals surface area contributed by atoms with Crippen molar-refractivity contribution in [3.05, 3.63) is 47.3 Å². The predicted molar refractivity (Wildman–Crippen MR) is 77.7 cm³/mol. The zero-order valence-electron chi connectivity index (χ0n) is 11.1. The highest BCUT2D eigenvalue weighted by atomic mass is 32.1. The molecule has 0 fully saturated rings. The first-order valence-electron chi connectivity index (χ1n) is 6.27. The number of anilines is 1. The number of carbonyl (C=O) groups is 1. The Labute approximate surface area is 124 Å². The van der Waals surface area contributed by atoms with Gasteiger partial charge in [-0.15, -0.1) is 11.3 Å². The van der Waals surface area contributed by atoms with E-state index in [0.717, 1.165) is 4.88 Å². The van der Waals surface area contributed by atoms with Crippen molar-refractivity contribution in [2.24, 2.45) is 5.92 Å². The molecule has 2 atom stereocenters. The standard InChI is InChI=1S/C13H13N5O2S/c1-3-6-20-12(19)10-8(2)14-13-15-16-17-18(13)11(10)9-5-4-7-21-9/h3-5,7,10-11H,1-2,6H2,(H,14,15,17)/t10-,11-/m1/s1. The van der Waals surface area contributed by atoms with E-state index in [1.54, 1.807) is 4.68 Å². The molecule has 0 saturated carbocycles. The molecule has 7 nitrogen and oxygen atoms in total. The molecule has 2 aromatic rings. The van der Waals surface area contributed by atoms with Crippen LogP contribution in [0.25, 0.3) is 0 Å². The first kappa shape index (κ1) is 13.5. The molecule has 21 heavy (non-hydrogen) atoms. The van der Waals surface area contributed by atoms with Crippen molar-refractivity contribution in [2.75, 3.05) is 11.9 Å². The lowest BCUT2D eigenvalue weighted by Gasteiger charge is -2.31.